The third kappa shape index (κ3) is 3.99. The summed E-state index contributed by atoms with van der Waals surface area (Å²) in [6.07, 6.45) is -9.27. The summed E-state index contributed by atoms with van der Waals surface area (Å²) < 4.78 is 108. The van der Waals surface area contributed by atoms with Gasteiger partial charge in [0.15, 0.2) is 0 Å². The van der Waals surface area contributed by atoms with Crippen LogP contribution in [0.1, 0.15) is 36.1 Å². The Morgan fingerprint density at radius 2 is 1.71 bits per heavy atom. The number of hydrogen-bond acceptors (Lipinski definition) is 5. The summed E-state index contributed by atoms with van der Waals surface area (Å²) in [7, 11) is -4.54. The van der Waals surface area contributed by atoms with Gasteiger partial charge in [-0.2, -0.15) is 30.6 Å². The molecule has 0 spiro atoms. The maximum Gasteiger partial charge on any atom is 0.470 e. The van der Waals surface area contributed by atoms with Crippen LogP contribution < -0.4 is 0 Å². The van der Waals surface area contributed by atoms with E-state index in [0.29, 0.717) is 6.07 Å². The van der Waals surface area contributed by atoms with Crippen LogP contribution in [0, 0.1) is 0 Å². The Morgan fingerprint density at radius 1 is 1.04 bits per heavy atom. The fraction of sp³-hybridized carbons (Fsp3) is 0.467. The first-order valence-electron chi connectivity index (χ1n) is 7.97. The maximum absolute atomic E-state index is 13.2. The standard InChI is InChI=1S/C15H13F6N3O3S/c16-14(17,18)10-5-1-2-6-11(10)28(25,26)24-7-3-4-9(8-24)12-22-23-13(27-12)15(19,20)21/h1-2,5-6,9H,3-4,7-8H2. The topological polar surface area (TPSA) is 76.3 Å². The highest BCUT2D eigenvalue weighted by Crippen LogP contribution is 2.37. The number of alkyl halides is 6. The quantitative estimate of drug-likeness (QED) is 0.696. The fourth-order valence-electron chi connectivity index (χ4n) is 2.94. The van der Waals surface area contributed by atoms with Crippen molar-refractivity contribution in [1.29, 1.82) is 0 Å². The molecule has 1 fully saturated rings. The van der Waals surface area contributed by atoms with Crippen LogP contribution in [0.4, 0.5) is 26.3 Å². The number of nitrogens with zero attached hydrogens (tertiary/aromatic N) is 3. The molecule has 1 aromatic heterocycles. The number of sulfonamides is 1. The maximum atomic E-state index is 13.2. The van der Waals surface area contributed by atoms with Crippen LogP contribution in [0.25, 0.3) is 0 Å². The molecule has 0 N–H and O–H groups in total. The van der Waals surface area contributed by atoms with Crippen molar-refractivity contribution in [2.24, 2.45) is 0 Å². The summed E-state index contributed by atoms with van der Waals surface area (Å²) in [6, 6.07) is 3.73. The number of benzene rings is 1. The predicted octanol–water partition coefficient (Wildman–Crippen LogP) is 3.68. The summed E-state index contributed by atoms with van der Waals surface area (Å²) in [5, 5.41) is 6.21. The van der Waals surface area contributed by atoms with Gasteiger partial charge in [-0.15, -0.1) is 10.2 Å². The SMILES string of the molecule is O=S(=O)(c1ccccc1C(F)(F)F)N1CCCC(c2nnc(C(F)(F)F)o2)C1. The molecule has 0 radical (unpaired) electrons. The van der Waals surface area contributed by atoms with Crippen LogP contribution in [0.2, 0.25) is 0 Å². The van der Waals surface area contributed by atoms with Crippen LogP contribution in [0.5, 0.6) is 0 Å². The molecule has 0 saturated carbocycles. The molecule has 13 heteroatoms. The van der Waals surface area contributed by atoms with Gasteiger partial charge in [-0.25, -0.2) is 8.42 Å². The van der Waals surface area contributed by atoms with Crippen molar-refractivity contribution in [3.8, 4) is 0 Å². The van der Waals surface area contributed by atoms with Gasteiger partial charge >= 0.3 is 18.2 Å². The Labute approximate surface area is 155 Å². The van der Waals surface area contributed by atoms with E-state index in [2.05, 4.69) is 14.6 Å². The van der Waals surface area contributed by atoms with Crippen LogP contribution in [-0.4, -0.2) is 36.0 Å². The third-order valence-electron chi connectivity index (χ3n) is 4.23. The van der Waals surface area contributed by atoms with Gasteiger partial charge in [0.25, 0.3) is 0 Å². The van der Waals surface area contributed by atoms with Gasteiger partial charge in [-0.1, -0.05) is 12.1 Å². The van der Waals surface area contributed by atoms with Gasteiger partial charge < -0.3 is 4.42 Å². The molecule has 1 aliphatic heterocycles. The molecule has 1 unspecified atom stereocenters. The van der Waals surface area contributed by atoms with E-state index in [9.17, 15) is 34.8 Å². The average Bonchev–Trinajstić information content (AvgIpc) is 3.12. The van der Waals surface area contributed by atoms with Gasteiger partial charge in [-0.05, 0) is 25.0 Å². The lowest BCUT2D eigenvalue weighted by Gasteiger charge is -2.31. The lowest BCUT2D eigenvalue weighted by Crippen LogP contribution is -2.39. The van der Waals surface area contributed by atoms with Crippen molar-refractivity contribution in [3.63, 3.8) is 0 Å². The summed E-state index contributed by atoms with van der Waals surface area (Å²) in [4.78, 5) is -0.912. The summed E-state index contributed by atoms with van der Waals surface area (Å²) in [5.41, 5.74) is -1.31. The Bertz CT molecular complexity index is 954. The normalized spacial score (nSPS) is 19.7. The molecule has 6 nitrogen and oxygen atoms in total. The highest BCUT2D eigenvalue weighted by molar-refractivity contribution is 7.89. The van der Waals surface area contributed by atoms with E-state index in [1.165, 1.54) is 0 Å². The minimum absolute atomic E-state index is 0.0781. The first kappa shape index (κ1) is 20.6. The highest BCUT2D eigenvalue weighted by atomic mass is 32.2. The van der Waals surface area contributed by atoms with Crippen molar-refractivity contribution in [2.75, 3.05) is 13.1 Å². The van der Waals surface area contributed by atoms with Crippen LogP contribution >= 0.6 is 0 Å². The van der Waals surface area contributed by atoms with Crippen molar-refractivity contribution in [3.05, 3.63) is 41.6 Å². The Hall–Kier alpha value is -2.15. The van der Waals surface area contributed by atoms with Gasteiger partial charge in [0.05, 0.1) is 16.4 Å². The minimum Gasteiger partial charge on any atom is -0.417 e. The smallest absolute Gasteiger partial charge is 0.417 e. The van der Waals surface area contributed by atoms with E-state index >= 15 is 0 Å². The van der Waals surface area contributed by atoms with Gasteiger partial charge in [0.1, 0.15) is 0 Å². The van der Waals surface area contributed by atoms with E-state index in [0.717, 1.165) is 22.5 Å². The van der Waals surface area contributed by atoms with Crippen LogP contribution in [-0.2, 0) is 22.4 Å². The van der Waals surface area contributed by atoms with Gasteiger partial charge in [-0.3, -0.25) is 0 Å². The molecule has 1 aromatic carbocycles. The van der Waals surface area contributed by atoms with Gasteiger partial charge in [0, 0.05) is 13.1 Å². The molecule has 1 atom stereocenters. The third-order valence-corrected chi connectivity index (χ3v) is 6.15. The number of rotatable bonds is 3. The van der Waals surface area contributed by atoms with Crippen LogP contribution in [0.3, 0.4) is 0 Å². The molecular formula is C15H13F6N3O3S. The second-order valence-electron chi connectivity index (χ2n) is 6.14. The first-order chi connectivity index (χ1) is 12.9. The molecular weight excluding hydrogens is 416 g/mol. The molecule has 1 aliphatic rings. The highest BCUT2D eigenvalue weighted by Gasteiger charge is 2.42. The molecule has 2 aromatic rings. The number of piperidine rings is 1. The monoisotopic (exact) mass is 429 g/mol. The molecule has 0 aliphatic carbocycles. The Kier molecular flexibility index (Phi) is 5.17. The Morgan fingerprint density at radius 3 is 2.32 bits per heavy atom. The zero-order valence-electron chi connectivity index (χ0n) is 14.0. The Balaban J connectivity index is 1.89. The largest absolute Gasteiger partial charge is 0.470 e. The van der Waals surface area contributed by atoms with Crippen molar-refractivity contribution < 1.29 is 39.2 Å². The second-order valence-corrected chi connectivity index (χ2v) is 8.05. The lowest BCUT2D eigenvalue weighted by molar-refractivity contribution is -0.157. The molecule has 0 bridgehead atoms. The molecule has 0 amide bonds. The number of hydrogen-bond donors (Lipinski definition) is 0. The van der Waals surface area contributed by atoms with Gasteiger partial charge in [0.2, 0.25) is 15.9 Å². The zero-order valence-corrected chi connectivity index (χ0v) is 14.8. The van der Waals surface area contributed by atoms with Crippen LogP contribution in [0.15, 0.2) is 33.6 Å². The molecule has 2 heterocycles. The molecule has 3 rings (SSSR count). The van der Waals surface area contributed by atoms with E-state index in [1.807, 2.05) is 0 Å². The molecule has 154 valence electrons. The van der Waals surface area contributed by atoms with E-state index < -0.39 is 50.5 Å². The number of halogens is 6. The van der Waals surface area contributed by atoms with Crippen molar-refractivity contribution in [1.82, 2.24) is 14.5 Å². The summed E-state index contributed by atoms with van der Waals surface area (Å²) in [5.74, 6) is -2.83. The first-order valence-corrected chi connectivity index (χ1v) is 9.41. The molecule has 1 saturated heterocycles. The van der Waals surface area contributed by atoms with Crippen molar-refractivity contribution >= 4 is 10.0 Å². The fourth-order valence-corrected chi connectivity index (χ4v) is 4.68. The zero-order chi connectivity index (χ0) is 20.7. The second kappa shape index (κ2) is 7.03. The molecule has 28 heavy (non-hydrogen) atoms. The minimum atomic E-state index is -4.88. The lowest BCUT2D eigenvalue weighted by atomic mass is 10.00. The summed E-state index contributed by atoms with van der Waals surface area (Å²) >= 11 is 0. The summed E-state index contributed by atoms with van der Waals surface area (Å²) in [6.45, 7) is -0.445. The average molecular weight is 429 g/mol. The van der Waals surface area contributed by atoms with E-state index in [-0.39, 0.29) is 25.9 Å². The van der Waals surface area contributed by atoms with E-state index in [4.69, 9.17) is 0 Å². The van der Waals surface area contributed by atoms with Crippen molar-refractivity contribution in [2.45, 2.75) is 36.0 Å². The predicted molar refractivity (Wildman–Crippen MR) is 81.5 cm³/mol. The number of aromatic nitrogens is 2. The van der Waals surface area contributed by atoms with E-state index in [1.54, 1.807) is 0 Å².